The van der Waals surface area contributed by atoms with Gasteiger partial charge in [-0.3, -0.25) is 0 Å². The van der Waals surface area contributed by atoms with Gasteiger partial charge in [0.2, 0.25) is 6.29 Å². The van der Waals surface area contributed by atoms with E-state index in [0.29, 0.717) is 12.4 Å². The summed E-state index contributed by atoms with van der Waals surface area (Å²) >= 11 is 0. The SMILES string of the molecule is COCC(C)OCC(O)Oc1ccccc1. The Hall–Kier alpha value is -1.10. The van der Waals surface area contributed by atoms with E-state index in [2.05, 4.69) is 0 Å². The zero-order valence-electron chi connectivity index (χ0n) is 9.63. The van der Waals surface area contributed by atoms with Crippen molar-refractivity contribution in [3.8, 4) is 5.75 Å². The van der Waals surface area contributed by atoms with Crippen LogP contribution < -0.4 is 4.74 Å². The molecule has 2 atom stereocenters. The number of rotatable bonds is 7. The first-order valence-corrected chi connectivity index (χ1v) is 5.22. The van der Waals surface area contributed by atoms with Crippen LogP contribution in [-0.4, -0.2) is 37.8 Å². The van der Waals surface area contributed by atoms with Crippen molar-refractivity contribution in [1.82, 2.24) is 0 Å². The van der Waals surface area contributed by atoms with E-state index in [1.165, 1.54) is 0 Å². The Labute approximate surface area is 95.8 Å². The average Bonchev–Trinajstić information content (AvgIpc) is 2.28. The van der Waals surface area contributed by atoms with E-state index in [1.807, 2.05) is 25.1 Å². The minimum absolute atomic E-state index is 0.0565. The van der Waals surface area contributed by atoms with Gasteiger partial charge in [0.05, 0.1) is 12.7 Å². The van der Waals surface area contributed by atoms with Gasteiger partial charge in [0, 0.05) is 7.11 Å². The van der Waals surface area contributed by atoms with Crippen molar-refractivity contribution >= 4 is 0 Å². The molecule has 1 aromatic rings. The van der Waals surface area contributed by atoms with Gasteiger partial charge in [-0.25, -0.2) is 0 Å². The van der Waals surface area contributed by atoms with Gasteiger partial charge in [-0.1, -0.05) is 18.2 Å². The Bertz CT molecular complexity index is 276. The van der Waals surface area contributed by atoms with Crippen LogP contribution in [0, 0.1) is 0 Å². The van der Waals surface area contributed by atoms with E-state index in [1.54, 1.807) is 19.2 Å². The summed E-state index contributed by atoms with van der Waals surface area (Å²) in [4.78, 5) is 0. The minimum atomic E-state index is -0.957. The first kappa shape index (κ1) is 13.0. The summed E-state index contributed by atoms with van der Waals surface area (Å²) in [7, 11) is 1.61. The van der Waals surface area contributed by atoms with Gasteiger partial charge in [0.1, 0.15) is 12.4 Å². The second-order valence-electron chi connectivity index (χ2n) is 3.48. The Kier molecular flexibility index (Phi) is 5.85. The van der Waals surface area contributed by atoms with Crippen LogP contribution in [0.2, 0.25) is 0 Å². The number of hydrogen-bond donors (Lipinski definition) is 1. The molecule has 0 aromatic heterocycles. The topological polar surface area (TPSA) is 47.9 Å². The first-order valence-electron chi connectivity index (χ1n) is 5.22. The molecule has 1 rings (SSSR count). The molecule has 1 N–H and O–H groups in total. The number of methoxy groups -OCH3 is 1. The average molecular weight is 226 g/mol. The lowest BCUT2D eigenvalue weighted by Gasteiger charge is -2.16. The second-order valence-corrected chi connectivity index (χ2v) is 3.48. The number of aliphatic hydroxyl groups excluding tert-OH is 1. The Morgan fingerprint density at radius 1 is 1.19 bits per heavy atom. The maximum atomic E-state index is 9.53. The van der Waals surface area contributed by atoms with Gasteiger partial charge >= 0.3 is 0 Å². The number of para-hydroxylation sites is 1. The van der Waals surface area contributed by atoms with Gasteiger partial charge in [-0.15, -0.1) is 0 Å². The Balaban J connectivity index is 2.23. The molecule has 0 heterocycles. The van der Waals surface area contributed by atoms with E-state index in [0.717, 1.165) is 0 Å². The highest BCUT2D eigenvalue weighted by Crippen LogP contribution is 2.10. The van der Waals surface area contributed by atoms with Gasteiger partial charge in [0.15, 0.2) is 0 Å². The van der Waals surface area contributed by atoms with Crippen LogP contribution in [0.4, 0.5) is 0 Å². The quantitative estimate of drug-likeness (QED) is 0.715. The third kappa shape index (κ3) is 5.11. The van der Waals surface area contributed by atoms with Crippen LogP contribution in [0.5, 0.6) is 5.75 Å². The zero-order valence-corrected chi connectivity index (χ0v) is 9.63. The predicted molar refractivity (Wildman–Crippen MR) is 60.4 cm³/mol. The van der Waals surface area contributed by atoms with Crippen LogP contribution >= 0.6 is 0 Å². The third-order valence-corrected chi connectivity index (χ3v) is 1.94. The fourth-order valence-electron chi connectivity index (χ4n) is 1.22. The molecule has 0 radical (unpaired) electrons. The van der Waals surface area contributed by atoms with Crippen molar-refractivity contribution in [3.63, 3.8) is 0 Å². The van der Waals surface area contributed by atoms with E-state index in [4.69, 9.17) is 14.2 Å². The zero-order chi connectivity index (χ0) is 11.8. The molecule has 1 aromatic carbocycles. The normalized spacial score (nSPS) is 14.4. The summed E-state index contributed by atoms with van der Waals surface area (Å²) in [5.74, 6) is 0.623. The molecule has 2 unspecified atom stereocenters. The number of aliphatic hydroxyl groups is 1. The van der Waals surface area contributed by atoms with Crippen LogP contribution in [0.15, 0.2) is 30.3 Å². The lowest BCUT2D eigenvalue weighted by molar-refractivity contribution is -0.103. The highest BCUT2D eigenvalue weighted by atomic mass is 16.6. The molecule has 0 spiro atoms. The molecule has 0 saturated heterocycles. The molecule has 90 valence electrons. The second kappa shape index (κ2) is 7.22. The molecule has 0 aliphatic rings. The third-order valence-electron chi connectivity index (χ3n) is 1.94. The van der Waals surface area contributed by atoms with Gasteiger partial charge in [0.25, 0.3) is 0 Å². The van der Waals surface area contributed by atoms with Crippen LogP contribution in [0.25, 0.3) is 0 Å². The van der Waals surface area contributed by atoms with Crippen LogP contribution in [-0.2, 0) is 9.47 Å². The van der Waals surface area contributed by atoms with Crippen LogP contribution in [0.3, 0.4) is 0 Å². The Morgan fingerprint density at radius 3 is 2.50 bits per heavy atom. The standard InChI is InChI=1S/C12H18O4/c1-10(8-14-2)15-9-12(13)16-11-6-4-3-5-7-11/h3-7,10,12-13H,8-9H2,1-2H3. The number of hydrogen-bond acceptors (Lipinski definition) is 4. The van der Waals surface area contributed by atoms with Crippen LogP contribution in [0.1, 0.15) is 6.92 Å². The molecule has 4 heteroatoms. The van der Waals surface area contributed by atoms with Gasteiger partial charge < -0.3 is 19.3 Å². The highest BCUT2D eigenvalue weighted by Gasteiger charge is 2.08. The maximum absolute atomic E-state index is 9.53. The smallest absolute Gasteiger partial charge is 0.221 e. The predicted octanol–water partition coefficient (Wildman–Crippen LogP) is 1.44. The lowest BCUT2D eigenvalue weighted by atomic mass is 10.3. The summed E-state index contributed by atoms with van der Waals surface area (Å²) in [6, 6.07) is 9.13. The summed E-state index contributed by atoms with van der Waals surface area (Å²) in [6.07, 6.45) is -1.01. The molecule has 0 saturated carbocycles. The molecule has 0 bridgehead atoms. The summed E-state index contributed by atoms with van der Waals surface area (Å²) in [5, 5.41) is 9.53. The van der Waals surface area contributed by atoms with Crippen molar-refractivity contribution in [2.45, 2.75) is 19.3 Å². The summed E-state index contributed by atoms with van der Waals surface area (Å²) in [6.45, 7) is 2.50. The Morgan fingerprint density at radius 2 is 1.88 bits per heavy atom. The molecular formula is C12H18O4. The summed E-state index contributed by atoms with van der Waals surface area (Å²) in [5.41, 5.74) is 0. The van der Waals surface area contributed by atoms with Crippen molar-refractivity contribution < 1.29 is 19.3 Å². The maximum Gasteiger partial charge on any atom is 0.221 e. The van der Waals surface area contributed by atoms with Gasteiger partial charge in [-0.05, 0) is 19.1 Å². The van der Waals surface area contributed by atoms with Crippen molar-refractivity contribution in [2.24, 2.45) is 0 Å². The fourth-order valence-corrected chi connectivity index (χ4v) is 1.22. The molecular weight excluding hydrogens is 208 g/mol. The number of ether oxygens (including phenoxy) is 3. The highest BCUT2D eigenvalue weighted by molar-refractivity contribution is 5.20. The molecule has 0 amide bonds. The lowest BCUT2D eigenvalue weighted by Crippen LogP contribution is -2.26. The minimum Gasteiger partial charge on any atom is -0.463 e. The molecule has 0 fully saturated rings. The molecule has 0 aliphatic heterocycles. The molecule has 4 nitrogen and oxygen atoms in total. The summed E-state index contributed by atoms with van der Waals surface area (Å²) < 4.78 is 15.5. The fraction of sp³-hybridized carbons (Fsp3) is 0.500. The van der Waals surface area contributed by atoms with E-state index in [-0.39, 0.29) is 12.7 Å². The molecule has 0 aliphatic carbocycles. The van der Waals surface area contributed by atoms with Crippen molar-refractivity contribution in [3.05, 3.63) is 30.3 Å². The van der Waals surface area contributed by atoms with E-state index >= 15 is 0 Å². The monoisotopic (exact) mass is 226 g/mol. The van der Waals surface area contributed by atoms with Gasteiger partial charge in [-0.2, -0.15) is 0 Å². The van der Waals surface area contributed by atoms with E-state index in [9.17, 15) is 5.11 Å². The number of benzene rings is 1. The van der Waals surface area contributed by atoms with Crippen molar-refractivity contribution in [1.29, 1.82) is 0 Å². The largest absolute Gasteiger partial charge is 0.463 e. The first-order chi connectivity index (χ1) is 7.72. The van der Waals surface area contributed by atoms with Crippen molar-refractivity contribution in [2.75, 3.05) is 20.3 Å². The van der Waals surface area contributed by atoms with E-state index < -0.39 is 6.29 Å². The molecule has 16 heavy (non-hydrogen) atoms.